The topological polar surface area (TPSA) is 63.4 Å². The minimum Gasteiger partial charge on any atom is -0.398 e. The molecular formula is C13H19F3N2O2S. The van der Waals surface area contributed by atoms with Crippen LogP contribution in [0.5, 0.6) is 0 Å². The van der Waals surface area contributed by atoms with E-state index >= 15 is 0 Å². The SMILES string of the molecule is Cc1ccc(S(=O)(=O)N(CC(C)C)CC(F)(F)F)cc1N. The lowest BCUT2D eigenvalue weighted by molar-refractivity contribution is -0.136. The fourth-order valence-electron chi connectivity index (χ4n) is 1.78. The Morgan fingerprint density at radius 3 is 2.29 bits per heavy atom. The van der Waals surface area contributed by atoms with Gasteiger partial charge in [0.15, 0.2) is 0 Å². The average Bonchev–Trinajstić information content (AvgIpc) is 2.29. The number of alkyl halides is 3. The summed E-state index contributed by atoms with van der Waals surface area (Å²) in [5.41, 5.74) is 6.54. The lowest BCUT2D eigenvalue weighted by atomic mass is 10.2. The van der Waals surface area contributed by atoms with Crippen LogP contribution in [0.3, 0.4) is 0 Å². The second kappa shape index (κ2) is 6.23. The standard InChI is InChI=1S/C13H19F3N2O2S/c1-9(2)7-18(8-13(14,15)16)21(19,20)11-5-4-10(3)12(17)6-11/h4-6,9H,7-8,17H2,1-3H3. The molecule has 0 bridgehead atoms. The van der Waals surface area contributed by atoms with E-state index < -0.39 is 22.7 Å². The molecule has 4 nitrogen and oxygen atoms in total. The smallest absolute Gasteiger partial charge is 0.398 e. The van der Waals surface area contributed by atoms with Crippen LogP contribution in [-0.2, 0) is 10.0 Å². The van der Waals surface area contributed by atoms with Crippen molar-refractivity contribution in [2.75, 3.05) is 18.8 Å². The predicted octanol–water partition coefficient (Wildman–Crippen LogP) is 2.79. The van der Waals surface area contributed by atoms with E-state index in [0.29, 0.717) is 9.87 Å². The molecule has 0 spiro atoms. The number of nitrogens with two attached hydrogens (primary N) is 1. The third-order valence-electron chi connectivity index (χ3n) is 2.81. The summed E-state index contributed by atoms with van der Waals surface area (Å²) < 4.78 is 63.0. The second-order valence-electron chi connectivity index (χ2n) is 5.32. The Kier molecular flexibility index (Phi) is 5.27. The van der Waals surface area contributed by atoms with Crippen molar-refractivity contribution < 1.29 is 21.6 Å². The Bertz CT molecular complexity index is 598. The maximum Gasteiger partial charge on any atom is 0.402 e. The van der Waals surface area contributed by atoms with Gasteiger partial charge >= 0.3 is 6.18 Å². The maximum atomic E-state index is 12.6. The number of aryl methyl sites for hydroxylation is 1. The largest absolute Gasteiger partial charge is 0.402 e. The van der Waals surface area contributed by atoms with Crippen LogP contribution in [0.1, 0.15) is 19.4 Å². The van der Waals surface area contributed by atoms with Crippen LogP contribution in [-0.4, -0.2) is 32.0 Å². The molecule has 8 heteroatoms. The van der Waals surface area contributed by atoms with Crippen molar-refractivity contribution in [1.82, 2.24) is 4.31 Å². The van der Waals surface area contributed by atoms with Crippen molar-refractivity contribution in [3.8, 4) is 0 Å². The van der Waals surface area contributed by atoms with Gasteiger partial charge in [-0.05, 0) is 30.5 Å². The van der Waals surface area contributed by atoms with Gasteiger partial charge in [0.1, 0.15) is 6.54 Å². The first-order valence-electron chi connectivity index (χ1n) is 6.36. The summed E-state index contributed by atoms with van der Waals surface area (Å²) in [7, 11) is -4.24. The van der Waals surface area contributed by atoms with Crippen LogP contribution in [0.4, 0.5) is 18.9 Å². The fourth-order valence-corrected chi connectivity index (χ4v) is 3.41. The predicted molar refractivity (Wildman–Crippen MR) is 75.2 cm³/mol. The number of anilines is 1. The van der Waals surface area contributed by atoms with Crippen LogP contribution >= 0.6 is 0 Å². The minimum atomic E-state index is -4.60. The molecule has 1 rings (SSSR count). The molecule has 0 atom stereocenters. The molecule has 1 aromatic rings. The Hall–Kier alpha value is -1.28. The van der Waals surface area contributed by atoms with Gasteiger partial charge < -0.3 is 5.73 Å². The minimum absolute atomic E-state index is 0.213. The van der Waals surface area contributed by atoms with E-state index in [9.17, 15) is 21.6 Å². The normalized spacial score (nSPS) is 13.1. The zero-order valence-corrected chi connectivity index (χ0v) is 12.9. The average molecular weight is 324 g/mol. The van der Waals surface area contributed by atoms with Crippen molar-refractivity contribution in [2.24, 2.45) is 5.92 Å². The van der Waals surface area contributed by atoms with Crippen molar-refractivity contribution >= 4 is 15.7 Å². The molecule has 120 valence electrons. The zero-order valence-electron chi connectivity index (χ0n) is 12.1. The number of rotatable bonds is 5. The van der Waals surface area contributed by atoms with Gasteiger partial charge in [0.2, 0.25) is 10.0 Å². The van der Waals surface area contributed by atoms with Crippen molar-refractivity contribution in [3.63, 3.8) is 0 Å². The van der Waals surface area contributed by atoms with Crippen LogP contribution in [0, 0.1) is 12.8 Å². The van der Waals surface area contributed by atoms with E-state index in [-0.39, 0.29) is 23.0 Å². The molecular weight excluding hydrogens is 305 g/mol. The summed E-state index contributed by atoms with van der Waals surface area (Å²) in [4.78, 5) is -0.226. The van der Waals surface area contributed by atoms with E-state index in [1.54, 1.807) is 20.8 Å². The van der Waals surface area contributed by atoms with Gasteiger partial charge in [-0.25, -0.2) is 8.42 Å². The lowest BCUT2D eigenvalue weighted by Crippen LogP contribution is -2.41. The van der Waals surface area contributed by atoms with Gasteiger partial charge in [0.25, 0.3) is 0 Å². The van der Waals surface area contributed by atoms with Crippen LogP contribution in [0.15, 0.2) is 23.1 Å². The molecule has 0 saturated carbocycles. The van der Waals surface area contributed by atoms with Gasteiger partial charge in [0.05, 0.1) is 4.90 Å². The van der Waals surface area contributed by atoms with E-state index in [0.717, 1.165) is 0 Å². The highest BCUT2D eigenvalue weighted by Gasteiger charge is 2.37. The molecule has 0 radical (unpaired) electrons. The fraction of sp³-hybridized carbons (Fsp3) is 0.538. The van der Waals surface area contributed by atoms with E-state index in [4.69, 9.17) is 5.73 Å². The van der Waals surface area contributed by atoms with Gasteiger partial charge in [-0.3, -0.25) is 0 Å². The molecule has 2 N–H and O–H groups in total. The monoisotopic (exact) mass is 324 g/mol. The highest BCUT2D eigenvalue weighted by atomic mass is 32.2. The third kappa shape index (κ3) is 4.89. The molecule has 0 saturated heterocycles. The first-order chi connectivity index (χ1) is 9.43. The number of benzene rings is 1. The molecule has 0 aliphatic carbocycles. The Balaban J connectivity index is 3.22. The number of hydrogen-bond donors (Lipinski definition) is 1. The summed E-state index contributed by atoms with van der Waals surface area (Å²) in [6, 6.07) is 3.93. The van der Waals surface area contributed by atoms with Crippen LogP contribution < -0.4 is 5.73 Å². The highest BCUT2D eigenvalue weighted by Crippen LogP contribution is 2.25. The molecule has 0 aromatic heterocycles. The Labute approximate surface area is 122 Å². The van der Waals surface area contributed by atoms with E-state index in [2.05, 4.69) is 0 Å². The van der Waals surface area contributed by atoms with Crippen molar-refractivity contribution in [2.45, 2.75) is 31.8 Å². The van der Waals surface area contributed by atoms with Gasteiger partial charge in [-0.1, -0.05) is 19.9 Å². The molecule has 1 aromatic carbocycles. The van der Waals surface area contributed by atoms with Crippen LogP contribution in [0.25, 0.3) is 0 Å². The molecule has 0 fully saturated rings. The molecule has 0 heterocycles. The van der Waals surface area contributed by atoms with E-state index in [1.165, 1.54) is 18.2 Å². The summed E-state index contributed by atoms with van der Waals surface area (Å²) in [6.45, 7) is 3.27. The van der Waals surface area contributed by atoms with E-state index in [1.807, 2.05) is 0 Å². The Morgan fingerprint density at radius 2 is 1.86 bits per heavy atom. The van der Waals surface area contributed by atoms with Crippen molar-refractivity contribution in [3.05, 3.63) is 23.8 Å². The van der Waals surface area contributed by atoms with Crippen molar-refractivity contribution in [1.29, 1.82) is 0 Å². The third-order valence-corrected chi connectivity index (χ3v) is 4.62. The van der Waals surface area contributed by atoms with Gasteiger partial charge in [-0.2, -0.15) is 17.5 Å². The van der Waals surface area contributed by atoms with Gasteiger partial charge in [-0.15, -0.1) is 0 Å². The molecule has 0 amide bonds. The molecule has 0 aliphatic rings. The number of nitrogens with zero attached hydrogens (tertiary/aromatic N) is 1. The molecule has 0 unspecified atom stereocenters. The quantitative estimate of drug-likeness (QED) is 0.847. The molecule has 0 aliphatic heterocycles. The number of hydrogen-bond acceptors (Lipinski definition) is 3. The van der Waals surface area contributed by atoms with Crippen LogP contribution in [0.2, 0.25) is 0 Å². The number of halogens is 3. The van der Waals surface area contributed by atoms with Gasteiger partial charge in [0, 0.05) is 12.2 Å². The zero-order chi connectivity index (χ0) is 16.4. The summed E-state index contributed by atoms with van der Waals surface area (Å²) in [6.07, 6.45) is -4.60. The highest BCUT2D eigenvalue weighted by molar-refractivity contribution is 7.89. The first kappa shape index (κ1) is 17.8. The summed E-state index contributed by atoms with van der Waals surface area (Å²) in [5.74, 6) is -0.232. The summed E-state index contributed by atoms with van der Waals surface area (Å²) >= 11 is 0. The maximum absolute atomic E-state index is 12.6. The lowest BCUT2D eigenvalue weighted by Gasteiger charge is -2.25. The summed E-state index contributed by atoms with van der Waals surface area (Å²) in [5, 5.41) is 0. The molecule has 21 heavy (non-hydrogen) atoms. The number of nitrogen functional groups attached to an aromatic ring is 1. The second-order valence-corrected chi connectivity index (χ2v) is 7.26. The first-order valence-corrected chi connectivity index (χ1v) is 7.80. The Morgan fingerprint density at radius 1 is 1.29 bits per heavy atom. The number of sulfonamides is 1.